The molecule has 0 spiro atoms. The van der Waals surface area contributed by atoms with Crippen molar-refractivity contribution in [1.29, 1.82) is 0 Å². The fraction of sp³-hybridized carbons (Fsp3) is 0.636. The van der Waals surface area contributed by atoms with Gasteiger partial charge in [0, 0.05) is 32.6 Å². The molecule has 5 nitrogen and oxygen atoms in total. The fourth-order valence-electron chi connectivity index (χ4n) is 4.24. The second-order valence-corrected chi connectivity index (χ2v) is 8.32. The summed E-state index contributed by atoms with van der Waals surface area (Å²) in [5.41, 5.74) is 1.15. The molecule has 0 unspecified atom stereocenters. The number of likely N-dealkylation sites (tertiary alicyclic amines) is 2. The van der Waals surface area contributed by atoms with Gasteiger partial charge in [0.1, 0.15) is 0 Å². The highest BCUT2D eigenvalue weighted by atomic mass is 16.2. The summed E-state index contributed by atoms with van der Waals surface area (Å²) in [5.74, 6) is 1.26. The molecule has 0 aliphatic carbocycles. The standard InChI is InChI=1S/C22H33N3O2/c1-18-7-6-12-25(15-18)22(27)20-10-13-24(14-11-20)17-21(26)23(2)16-19-8-4-3-5-9-19/h3-5,8-9,18,20H,6-7,10-17H2,1-2H3/t18-/m0/s1. The number of benzene rings is 1. The van der Waals surface area contributed by atoms with Crippen LogP contribution in [0.3, 0.4) is 0 Å². The molecule has 1 aromatic carbocycles. The van der Waals surface area contributed by atoms with Gasteiger partial charge in [-0.3, -0.25) is 14.5 Å². The number of carbonyl (C=O) groups excluding carboxylic acids is 2. The normalized spacial score (nSPS) is 21.9. The summed E-state index contributed by atoms with van der Waals surface area (Å²) in [7, 11) is 1.86. The van der Waals surface area contributed by atoms with Crippen LogP contribution in [0.2, 0.25) is 0 Å². The van der Waals surface area contributed by atoms with Crippen molar-refractivity contribution in [3.63, 3.8) is 0 Å². The van der Waals surface area contributed by atoms with Gasteiger partial charge >= 0.3 is 0 Å². The van der Waals surface area contributed by atoms with Gasteiger partial charge in [-0.15, -0.1) is 0 Å². The average Bonchev–Trinajstić information content (AvgIpc) is 2.69. The molecule has 0 saturated carbocycles. The minimum Gasteiger partial charge on any atom is -0.342 e. The molecule has 3 rings (SSSR count). The lowest BCUT2D eigenvalue weighted by Crippen LogP contribution is -2.47. The molecule has 0 aromatic heterocycles. The van der Waals surface area contributed by atoms with Crippen molar-refractivity contribution in [2.75, 3.05) is 39.8 Å². The van der Waals surface area contributed by atoms with E-state index in [0.717, 1.165) is 51.0 Å². The maximum atomic E-state index is 12.8. The van der Waals surface area contributed by atoms with Crippen LogP contribution in [0, 0.1) is 11.8 Å². The molecule has 2 aliphatic rings. The number of piperidine rings is 2. The van der Waals surface area contributed by atoms with E-state index in [-0.39, 0.29) is 11.8 Å². The summed E-state index contributed by atoms with van der Waals surface area (Å²) < 4.78 is 0. The Labute approximate surface area is 163 Å². The summed E-state index contributed by atoms with van der Waals surface area (Å²) in [5, 5.41) is 0. The molecule has 2 saturated heterocycles. The summed E-state index contributed by atoms with van der Waals surface area (Å²) in [6.45, 7) is 6.84. The van der Waals surface area contributed by atoms with Crippen molar-refractivity contribution in [1.82, 2.24) is 14.7 Å². The Bertz CT molecular complexity index is 626. The molecular weight excluding hydrogens is 338 g/mol. The van der Waals surface area contributed by atoms with Crippen LogP contribution >= 0.6 is 0 Å². The van der Waals surface area contributed by atoms with E-state index in [4.69, 9.17) is 0 Å². The SMILES string of the molecule is C[C@H]1CCCN(C(=O)C2CCN(CC(=O)N(C)Cc3ccccc3)CC2)C1. The number of hydrogen-bond donors (Lipinski definition) is 0. The minimum absolute atomic E-state index is 0.142. The highest BCUT2D eigenvalue weighted by Crippen LogP contribution is 2.23. The molecule has 2 heterocycles. The average molecular weight is 372 g/mol. The highest BCUT2D eigenvalue weighted by molar-refractivity contribution is 5.79. The molecule has 27 heavy (non-hydrogen) atoms. The number of likely N-dealkylation sites (N-methyl/N-ethyl adjacent to an activating group) is 1. The van der Waals surface area contributed by atoms with Crippen molar-refractivity contribution in [2.45, 2.75) is 39.2 Å². The molecule has 2 aliphatic heterocycles. The predicted molar refractivity (Wildman–Crippen MR) is 107 cm³/mol. The second kappa shape index (κ2) is 9.36. The molecule has 0 bridgehead atoms. The van der Waals surface area contributed by atoms with Gasteiger partial charge in [-0.2, -0.15) is 0 Å². The lowest BCUT2D eigenvalue weighted by Gasteiger charge is -2.37. The molecule has 1 atom stereocenters. The van der Waals surface area contributed by atoms with Crippen LogP contribution in [0.4, 0.5) is 0 Å². The molecule has 0 N–H and O–H groups in total. The molecule has 0 radical (unpaired) electrons. The van der Waals surface area contributed by atoms with Crippen LogP contribution in [0.15, 0.2) is 30.3 Å². The van der Waals surface area contributed by atoms with E-state index < -0.39 is 0 Å². The van der Waals surface area contributed by atoms with Crippen molar-refractivity contribution in [3.8, 4) is 0 Å². The first-order valence-electron chi connectivity index (χ1n) is 10.3. The summed E-state index contributed by atoms with van der Waals surface area (Å²) in [6.07, 6.45) is 4.12. The van der Waals surface area contributed by atoms with Gasteiger partial charge in [0.15, 0.2) is 0 Å². The first-order chi connectivity index (χ1) is 13.0. The number of hydrogen-bond acceptors (Lipinski definition) is 3. The monoisotopic (exact) mass is 371 g/mol. The van der Waals surface area contributed by atoms with Crippen LogP contribution < -0.4 is 0 Å². The maximum absolute atomic E-state index is 12.8. The molecule has 5 heteroatoms. The Morgan fingerprint density at radius 3 is 2.44 bits per heavy atom. The Balaban J connectivity index is 1.42. The number of amides is 2. The van der Waals surface area contributed by atoms with Crippen molar-refractivity contribution >= 4 is 11.8 Å². The lowest BCUT2D eigenvalue weighted by molar-refractivity contribution is -0.139. The third-order valence-electron chi connectivity index (χ3n) is 5.95. The Morgan fingerprint density at radius 2 is 1.78 bits per heavy atom. The zero-order valence-corrected chi connectivity index (χ0v) is 16.8. The topological polar surface area (TPSA) is 43.9 Å². The first kappa shape index (κ1) is 19.9. The van der Waals surface area contributed by atoms with Gasteiger partial charge in [0.2, 0.25) is 11.8 Å². The van der Waals surface area contributed by atoms with Crippen LogP contribution in [-0.4, -0.2) is 66.3 Å². The van der Waals surface area contributed by atoms with E-state index in [9.17, 15) is 9.59 Å². The van der Waals surface area contributed by atoms with Gasteiger partial charge in [0.25, 0.3) is 0 Å². The third kappa shape index (κ3) is 5.55. The molecule has 1 aromatic rings. The predicted octanol–water partition coefficient (Wildman–Crippen LogP) is 2.62. The van der Waals surface area contributed by atoms with E-state index in [0.29, 0.717) is 24.9 Å². The van der Waals surface area contributed by atoms with Crippen LogP contribution in [-0.2, 0) is 16.1 Å². The highest BCUT2D eigenvalue weighted by Gasteiger charge is 2.31. The smallest absolute Gasteiger partial charge is 0.236 e. The Kier molecular flexibility index (Phi) is 6.89. The number of carbonyl (C=O) groups is 2. The van der Waals surface area contributed by atoms with Gasteiger partial charge in [-0.1, -0.05) is 37.3 Å². The van der Waals surface area contributed by atoms with Gasteiger partial charge in [-0.05, 0) is 50.3 Å². The summed E-state index contributed by atoms with van der Waals surface area (Å²) >= 11 is 0. The van der Waals surface area contributed by atoms with Crippen molar-refractivity contribution < 1.29 is 9.59 Å². The van der Waals surface area contributed by atoms with E-state index in [1.165, 1.54) is 6.42 Å². The van der Waals surface area contributed by atoms with Crippen molar-refractivity contribution in [2.24, 2.45) is 11.8 Å². The van der Waals surface area contributed by atoms with E-state index >= 15 is 0 Å². The zero-order valence-electron chi connectivity index (χ0n) is 16.8. The second-order valence-electron chi connectivity index (χ2n) is 8.32. The molecular formula is C22H33N3O2. The van der Waals surface area contributed by atoms with Gasteiger partial charge < -0.3 is 9.80 Å². The van der Waals surface area contributed by atoms with Gasteiger partial charge in [0.05, 0.1) is 6.54 Å². The van der Waals surface area contributed by atoms with Crippen LogP contribution in [0.25, 0.3) is 0 Å². The fourth-order valence-corrected chi connectivity index (χ4v) is 4.24. The first-order valence-corrected chi connectivity index (χ1v) is 10.3. The van der Waals surface area contributed by atoms with Crippen LogP contribution in [0.1, 0.15) is 38.2 Å². The summed E-state index contributed by atoms with van der Waals surface area (Å²) in [4.78, 5) is 31.4. The number of nitrogens with zero attached hydrogens (tertiary/aromatic N) is 3. The summed E-state index contributed by atoms with van der Waals surface area (Å²) in [6, 6.07) is 10.1. The molecule has 2 amide bonds. The quantitative estimate of drug-likeness (QED) is 0.799. The van der Waals surface area contributed by atoms with Gasteiger partial charge in [-0.25, -0.2) is 0 Å². The third-order valence-corrected chi connectivity index (χ3v) is 5.95. The molecule has 148 valence electrons. The minimum atomic E-state index is 0.142. The Hall–Kier alpha value is -1.88. The van der Waals surface area contributed by atoms with Crippen LogP contribution in [0.5, 0.6) is 0 Å². The zero-order chi connectivity index (χ0) is 19.2. The lowest BCUT2D eigenvalue weighted by atomic mass is 9.93. The molecule has 2 fully saturated rings. The largest absolute Gasteiger partial charge is 0.342 e. The van der Waals surface area contributed by atoms with E-state index in [1.807, 2.05) is 37.4 Å². The maximum Gasteiger partial charge on any atom is 0.236 e. The van der Waals surface area contributed by atoms with E-state index in [1.54, 1.807) is 4.90 Å². The van der Waals surface area contributed by atoms with E-state index in [2.05, 4.69) is 16.7 Å². The Morgan fingerprint density at radius 1 is 1.07 bits per heavy atom. The number of rotatable bonds is 5. The van der Waals surface area contributed by atoms with Crippen molar-refractivity contribution in [3.05, 3.63) is 35.9 Å².